The first-order valence-electron chi connectivity index (χ1n) is 2.65. The third-order valence-corrected chi connectivity index (χ3v) is 1.39. The number of rotatable bonds is 1. The zero-order valence-electron chi connectivity index (χ0n) is 5.01. The fourth-order valence-electron chi connectivity index (χ4n) is 0.575. The van der Waals surface area contributed by atoms with Crippen LogP contribution in [-0.2, 0) is 6.61 Å². The third-order valence-electron chi connectivity index (χ3n) is 1.05. The molecule has 0 bridgehead atoms. The molecular formula is C6H5ClFNO. The highest BCUT2D eigenvalue weighted by Gasteiger charge is 2.00. The minimum absolute atomic E-state index is 0.143. The first kappa shape index (κ1) is 7.44. The number of pyridine rings is 1. The van der Waals surface area contributed by atoms with Crippen molar-refractivity contribution >= 4 is 11.6 Å². The Morgan fingerprint density at radius 1 is 1.70 bits per heavy atom. The van der Waals surface area contributed by atoms with E-state index in [-0.39, 0.29) is 11.8 Å². The summed E-state index contributed by atoms with van der Waals surface area (Å²) < 4.78 is 12.3. The molecule has 0 spiro atoms. The van der Waals surface area contributed by atoms with Crippen molar-refractivity contribution in [3.63, 3.8) is 0 Å². The van der Waals surface area contributed by atoms with E-state index in [1.165, 1.54) is 0 Å². The molecule has 1 aromatic rings. The Bertz CT molecular complexity index is 241. The predicted molar refractivity (Wildman–Crippen MR) is 35.1 cm³/mol. The van der Waals surface area contributed by atoms with E-state index in [0.717, 1.165) is 12.3 Å². The van der Waals surface area contributed by atoms with Crippen LogP contribution in [0.4, 0.5) is 4.39 Å². The first-order valence-corrected chi connectivity index (χ1v) is 3.02. The summed E-state index contributed by atoms with van der Waals surface area (Å²) in [5, 5.41) is 8.69. The van der Waals surface area contributed by atoms with Crippen LogP contribution in [0.5, 0.6) is 0 Å². The first-order chi connectivity index (χ1) is 4.74. The molecule has 1 heterocycles. The molecule has 0 saturated heterocycles. The van der Waals surface area contributed by atoms with Crippen molar-refractivity contribution in [2.24, 2.45) is 0 Å². The number of aliphatic hydroxyl groups excluding tert-OH is 1. The summed E-state index contributed by atoms with van der Waals surface area (Å²) in [6.07, 6.45) is 1.00. The van der Waals surface area contributed by atoms with Crippen LogP contribution in [0.25, 0.3) is 0 Å². The van der Waals surface area contributed by atoms with Gasteiger partial charge in [0.05, 0.1) is 12.8 Å². The second kappa shape index (κ2) is 2.94. The van der Waals surface area contributed by atoms with Gasteiger partial charge < -0.3 is 5.11 Å². The lowest BCUT2D eigenvalue weighted by molar-refractivity contribution is 0.281. The molecule has 10 heavy (non-hydrogen) atoms. The highest BCUT2D eigenvalue weighted by molar-refractivity contribution is 6.30. The summed E-state index contributed by atoms with van der Waals surface area (Å²) in [6.45, 7) is -0.288. The van der Waals surface area contributed by atoms with Gasteiger partial charge in [-0.2, -0.15) is 0 Å². The zero-order valence-corrected chi connectivity index (χ0v) is 5.77. The molecule has 0 fully saturated rings. The highest BCUT2D eigenvalue weighted by Crippen LogP contribution is 2.12. The summed E-state index contributed by atoms with van der Waals surface area (Å²) in [7, 11) is 0. The fourth-order valence-corrected chi connectivity index (χ4v) is 0.739. The third kappa shape index (κ3) is 1.43. The second-order valence-electron chi connectivity index (χ2n) is 1.76. The molecule has 0 aliphatic carbocycles. The molecule has 1 aromatic heterocycles. The Morgan fingerprint density at radius 3 is 2.90 bits per heavy atom. The van der Waals surface area contributed by atoms with Crippen molar-refractivity contribution in [2.45, 2.75) is 6.61 Å². The van der Waals surface area contributed by atoms with E-state index in [9.17, 15) is 4.39 Å². The minimum atomic E-state index is -0.492. The van der Waals surface area contributed by atoms with E-state index < -0.39 is 5.82 Å². The van der Waals surface area contributed by atoms with Gasteiger partial charge in [0.1, 0.15) is 11.0 Å². The molecule has 0 aliphatic heterocycles. The van der Waals surface area contributed by atoms with Crippen molar-refractivity contribution < 1.29 is 9.50 Å². The molecule has 0 aromatic carbocycles. The van der Waals surface area contributed by atoms with E-state index in [2.05, 4.69) is 4.98 Å². The number of aliphatic hydroxyl groups is 1. The quantitative estimate of drug-likeness (QED) is 0.631. The van der Waals surface area contributed by atoms with E-state index in [4.69, 9.17) is 16.7 Å². The summed E-state index contributed by atoms with van der Waals surface area (Å²) >= 11 is 5.46. The Hall–Kier alpha value is -0.670. The molecule has 0 unspecified atom stereocenters. The molecule has 0 saturated carbocycles. The van der Waals surface area contributed by atoms with Crippen LogP contribution >= 0.6 is 11.6 Å². The van der Waals surface area contributed by atoms with Gasteiger partial charge >= 0.3 is 0 Å². The zero-order chi connectivity index (χ0) is 7.56. The minimum Gasteiger partial charge on any atom is -0.392 e. The van der Waals surface area contributed by atoms with Crippen LogP contribution in [0.15, 0.2) is 12.3 Å². The number of hydrogen-bond donors (Lipinski definition) is 1. The largest absolute Gasteiger partial charge is 0.392 e. The van der Waals surface area contributed by atoms with Gasteiger partial charge in [-0.25, -0.2) is 9.37 Å². The van der Waals surface area contributed by atoms with E-state index in [1.54, 1.807) is 0 Å². The molecule has 0 amide bonds. The van der Waals surface area contributed by atoms with E-state index >= 15 is 0 Å². The average molecular weight is 162 g/mol. The second-order valence-corrected chi connectivity index (χ2v) is 2.12. The molecule has 0 atom stereocenters. The monoisotopic (exact) mass is 161 g/mol. The van der Waals surface area contributed by atoms with Gasteiger partial charge in [-0.15, -0.1) is 0 Å². The fraction of sp³-hybridized carbons (Fsp3) is 0.167. The molecule has 4 heteroatoms. The molecule has 2 nitrogen and oxygen atoms in total. The summed E-state index contributed by atoms with van der Waals surface area (Å²) in [6, 6.07) is 1.15. The summed E-state index contributed by atoms with van der Waals surface area (Å²) in [5.41, 5.74) is 0.307. The van der Waals surface area contributed by atoms with Gasteiger partial charge in [-0.05, 0) is 6.07 Å². The molecular weight excluding hydrogens is 157 g/mol. The normalized spacial score (nSPS) is 9.90. The topological polar surface area (TPSA) is 33.1 Å². The Kier molecular flexibility index (Phi) is 2.19. The Morgan fingerprint density at radius 2 is 2.40 bits per heavy atom. The van der Waals surface area contributed by atoms with Crippen molar-refractivity contribution in [1.29, 1.82) is 0 Å². The van der Waals surface area contributed by atoms with Crippen LogP contribution in [0, 0.1) is 5.82 Å². The van der Waals surface area contributed by atoms with Gasteiger partial charge in [-0.1, -0.05) is 11.6 Å². The highest BCUT2D eigenvalue weighted by atomic mass is 35.5. The molecule has 0 aliphatic rings. The van der Waals surface area contributed by atoms with Crippen LogP contribution in [0.1, 0.15) is 5.56 Å². The van der Waals surface area contributed by atoms with Gasteiger partial charge in [0, 0.05) is 5.56 Å². The molecule has 1 N–H and O–H groups in total. The average Bonchev–Trinajstić information content (AvgIpc) is 1.94. The maximum absolute atomic E-state index is 12.3. The van der Waals surface area contributed by atoms with Crippen LogP contribution < -0.4 is 0 Å². The maximum Gasteiger partial charge on any atom is 0.141 e. The summed E-state index contributed by atoms with van der Waals surface area (Å²) in [5.74, 6) is -0.492. The number of hydrogen-bond acceptors (Lipinski definition) is 2. The lowest BCUT2D eigenvalue weighted by atomic mass is 10.3. The van der Waals surface area contributed by atoms with Crippen LogP contribution in [-0.4, -0.2) is 10.1 Å². The van der Waals surface area contributed by atoms with Crippen LogP contribution in [0.3, 0.4) is 0 Å². The standard InChI is InChI=1S/C6H5ClFNO/c7-6-4(3-10)1-5(8)2-9-6/h1-2,10H,3H2. The summed E-state index contributed by atoms with van der Waals surface area (Å²) in [4.78, 5) is 3.48. The lowest BCUT2D eigenvalue weighted by Gasteiger charge is -1.96. The number of aromatic nitrogens is 1. The molecule has 0 radical (unpaired) electrons. The van der Waals surface area contributed by atoms with Crippen molar-refractivity contribution in [3.05, 3.63) is 28.8 Å². The smallest absolute Gasteiger partial charge is 0.141 e. The maximum atomic E-state index is 12.3. The number of nitrogens with zero attached hydrogens (tertiary/aromatic N) is 1. The molecule has 1 rings (SSSR count). The van der Waals surface area contributed by atoms with Crippen molar-refractivity contribution in [3.8, 4) is 0 Å². The van der Waals surface area contributed by atoms with Gasteiger partial charge in [0.25, 0.3) is 0 Å². The Balaban J connectivity index is 3.09. The SMILES string of the molecule is OCc1cc(F)cnc1Cl. The van der Waals surface area contributed by atoms with Gasteiger partial charge in [0.2, 0.25) is 0 Å². The Labute approximate surface area is 62.3 Å². The number of halogens is 2. The predicted octanol–water partition coefficient (Wildman–Crippen LogP) is 1.37. The van der Waals surface area contributed by atoms with Crippen molar-refractivity contribution in [1.82, 2.24) is 4.98 Å². The van der Waals surface area contributed by atoms with E-state index in [0.29, 0.717) is 5.56 Å². The van der Waals surface area contributed by atoms with E-state index in [1.807, 2.05) is 0 Å². The van der Waals surface area contributed by atoms with Gasteiger partial charge in [0.15, 0.2) is 0 Å². The van der Waals surface area contributed by atoms with Crippen molar-refractivity contribution in [2.75, 3.05) is 0 Å². The lowest BCUT2D eigenvalue weighted by Crippen LogP contribution is -1.89. The molecule has 54 valence electrons. The van der Waals surface area contributed by atoms with Crippen LogP contribution in [0.2, 0.25) is 5.15 Å². The van der Waals surface area contributed by atoms with Gasteiger partial charge in [-0.3, -0.25) is 0 Å².